The molecule has 0 atom stereocenters. The summed E-state index contributed by atoms with van der Waals surface area (Å²) in [5.74, 6) is 0.795. The minimum absolute atomic E-state index is 0.0667. The number of halogens is 1. The molecule has 0 saturated carbocycles. The molecule has 0 amide bonds. The van der Waals surface area contributed by atoms with Crippen molar-refractivity contribution in [2.75, 3.05) is 11.9 Å². The Bertz CT molecular complexity index is 617. The SMILES string of the molecule is CN(c1cccc(C(N)=NO)c1)c1ncncc1Br. The van der Waals surface area contributed by atoms with E-state index in [1.165, 1.54) is 6.33 Å². The van der Waals surface area contributed by atoms with Gasteiger partial charge in [0.25, 0.3) is 0 Å². The second-order valence-corrected chi connectivity index (χ2v) is 4.64. The highest BCUT2D eigenvalue weighted by atomic mass is 79.9. The number of nitrogens with zero attached hydrogens (tertiary/aromatic N) is 4. The summed E-state index contributed by atoms with van der Waals surface area (Å²) >= 11 is 3.40. The van der Waals surface area contributed by atoms with Gasteiger partial charge in [-0.3, -0.25) is 0 Å². The lowest BCUT2D eigenvalue weighted by Crippen LogP contribution is -2.16. The number of amidine groups is 1. The van der Waals surface area contributed by atoms with Gasteiger partial charge < -0.3 is 15.8 Å². The number of nitrogens with two attached hydrogens (primary N) is 1. The van der Waals surface area contributed by atoms with Crippen LogP contribution in [0.4, 0.5) is 11.5 Å². The molecule has 0 saturated heterocycles. The number of anilines is 2. The second-order valence-electron chi connectivity index (χ2n) is 3.79. The summed E-state index contributed by atoms with van der Waals surface area (Å²) in [4.78, 5) is 10.0. The Morgan fingerprint density at radius 1 is 1.47 bits per heavy atom. The van der Waals surface area contributed by atoms with Crippen LogP contribution in [0, 0.1) is 0 Å². The van der Waals surface area contributed by atoms with Crippen molar-refractivity contribution < 1.29 is 5.21 Å². The molecule has 2 rings (SSSR count). The molecular formula is C12H12BrN5O. The molecule has 0 bridgehead atoms. The summed E-state index contributed by atoms with van der Waals surface area (Å²) in [5.41, 5.74) is 7.08. The van der Waals surface area contributed by atoms with Gasteiger partial charge in [0.2, 0.25) is 0 Å². The molecule has 19 heavy (non-hydrogen) atoms. The number of oxime groups is 1. The number of benzene rings is 1. The standard InChI is InChI=1S/C12H12BrN5O/c1-18(12-10(13)6-15-7-16-12)9-4-2-3-8(5-9)11(14)17-19/h2-7,19H,1H3,(H2,14,17). The second kappa shape index (κ2) is 5.66. The average Bonchev–Trinajstić information content (AvgIpc) is 2.46. The predicted molar refractivity (Wildman–Crippen MR) is 76.7 cm³/mol. The van der Waals surface area contributed by atoms with Gasteiger partial charge in [0, 0.05) is 24.5 Å². The maximum atomic E-state index is 8.70. The molecule has 3 N–H and O–H groups in total. The third-order valence-corrected chi connectivity index (χ3v) is 3.16. The number of hydrogen-bond donors (Lipinski definition) is 2. The largest absolute Gasteiger partial charge is 0.409 e. The molecule has 0 radical (unpaired) electrons. The Labute approximate surface area is 118 Å². The summed E-state index contributed by atoms with van der Waals surface area (Å²) in [6.45, 7) is 0. The summed E-state index contributed by atoms with van der Waals surface area (Å²) in [6, 6.07) is 7.31. The predicted octanol–water partition coefficient (Wildman–Crippen LogP) is 2.10. The van der Waals surface area contributed by atoms with Crippen molar-refractivity contribution in [3.8, 4) is 0 Å². The van der Waals surface area contributed by atoms with Crippen LogP contribution in [0.3, 0.4) is 0 Å². The third kappa shape index (κ3) is 2.82. The first-order valence-corrected chi connectivity index (χ1v) is 6.20. The maximum Gasteiger partial charge on any atom is 0.170 e. The minimum Gasteiger partial charge on any atom is -0.409 e. The fraction of sp³-hybridized carbons (Fsp3) is 0.0833. The van der Waals surface area contributed by atoms with Gasteiger partial charge in [-0.1, -0.05) is 17.3 Å². The molecule has 0 aliphatic carbocycles. The Kier molecular flexibility index (Phi) is 3.96. The van der Waals surface area contributed by atoms with Crippen molar-refractivity contribution in [3.63, 3.8) is 0 Å². The van der Waals surface area contributed by atoms with Crippen LogP contribution in [-0.2, 0) is 0 Å². The summed E-state index contributed by atoms with van der Waals surface area (Å²) in [7, 11) is 1.87. The van der Waals surface area contributed by atoms with Crippen LogP contribution in [-0.4, -0.2) is 28.1 Å². The van der Waals surface area contributed by atoms with Crippen LogP contribution in [0.2, 0.25) is 0 Å². The molecule has 0 unspecified atom stereocenters. The van der Waals surface area contributed by atoms with E-state index in [1.807, 2.05) is 30.1 Å². The molecule has 98 valence electrons. The van der Waals surface area contributed by atoms with Crippen molar-refractivity contribution in [3.05, 3.63) is 46.8 Å². The van der Waals surface area contributed by atoms with E-state index < -0.39 is 0 Å². The Morgan fingerprint density at radius 3 is 2.95 bits per heavy atom. The quantitative estimate of drug-likeness (QED) is 0.391. The molecule has 1 aromatic heterocycles. The Hall–Kier alpha value is -2.15. The third-order valence-electron chi connectivity index (χ3n) is 2.60. The van der Waals surface area contributed by atoms with Gasteiger partial charge in [-0.15, -0.1) is 0 Å². The fourth-order valence-corrected chi connectivity index (χ4v) is 2.09. The van der Waals surface area contributed by atoms with E-state index in [2.05, 4.69) is 31.1 Å². The van der Waals surface area contributed by atoms with Gasteiger partial charge in [-0.2, -0.15) is 0 Å². The van der Waals surface area contributed by atoms with Crippen molar-refractivity contribution in [1.29, 1.82) is 0 Å². The topological polar surface area (TPSA) is 87.6 Å². The first kappa shape index (κ1) is 13.3. The molecule has 0 fully saturated rings. The van der Waals surface area contributed by atoms with Crippen LogP contribution in [0.1, 0.15) is 5.56 Å². The van der Waals surface area contributed by atoms with Crippen molar-refractivity contribution in [1.82, 2.24) is 9.97 Å². The van der Waals surface area contributed by atoms with E-state index >= 15 is 0 Å². The first-order chi connectivity index (χ1) is 9.13. The lowest BCUT2D eigenvalue weighted by molar-refractivity contribution is 0.318. The van der Waals surface area contributed by atoms with E-state index in [0.717, 1.165) is 16.0 Å². The molecular weight excluding hydrogens is 310 g/mol. The van der Waals surface area contributed by atoms with Gasteiger partial charge in [0.05, 0.1) is 4.47 Å². The van der Waals surface area contributed by atoms with Gasteiger partial charge in [-0.25, -0.2) is 9.97 Å². The van der Waals surface area contributed by atoms with Gasteiger partial charge in [0.1, 0.15) is 6.33 Å². The maximum absolute atomic E-state index is 8.70. The normalized spacial score (nSPS) is 11.4. The molecule has 1 aromatic carbocycles. The van der Waals surface area contributed by atoms with Crippen LogP contribution in [0.25, 0.3) is 0 Å². The van der Waals surface area contributed by atoms with E-state index in [4.69, 9.17) is 10.9 Å². The number of rotatable bonds is 3. The average molecular weight is 322 g/mol. The van der Waals surface area contributed by atoms with Crippen molar-refractivity contribution in [2.45, 2.75) is 0 Å². The molecule has 0 aliphatic rings. The van der Waals surface area contributed by atoms with Crippen LogP contribution < -0.4 is 10.6 Å². The lowest BCUT2D eigenvalue weighted by Gasteiger charge is -2.19. The highest BCUT2D eigenvalue weighted by molar-refractivity contribution is 9.10. The van der Waals surface area contributed by atoms with Gasteiger partial charge in [-0.05, 0) is 28.1 Å². The van der Waals surface area contributed by atoms with Gasteiger partial charge in [0.15, 0.2) is 11.7 Å². The summed E-state index contributed by atoms with van der Waals surface area (Å²) < 4.78 is 0.784. The van der Waals surface area contributed by atoms with Crippen molar-refractivity contribution >= 4 is 33.3 Å². The molecule has 6 nitrogen and oxygen atoms in total. The zero-order chi connectivity index (χ0) is 13.8. The van der Waals surface area contributed by atoms with Crippen LogP contribution in [0.5, 0.6) is 0 Å². The van der Waals surface area contributed by atoms with E-state index in [1.54, 1.807) is 12.3 Å². The number of hydrogen-bond acceptors (Lipinski definition) is 5. The smallest absolute Gasteiger partial charge is 0.170 e. The van der Waals surface area contributed by atoms with Crippen LogP contribution in [0.15, 0.2) is 46.4 Å². The summed E-state index contributed by atoms with van der Waals surface area (Å²) in [5, 5.41) is 11.7. The first-order valence-electron chi connectivity index (χ1n) is 5.40. The minimum atomic E-state index is 0.0667. The molecule has 7 heteroatoms. The zero-order valence-electron chi connectivity index (χ0n) is 10.2. The van der Waals surface area contributed by atoms with E-state index in [9.17, 15) is 0 Å². The monoisotopic (exact) mass is 321 g/mol. The number of aromatic nitrogens is 2. The molecule has 2 aromatic rings. The Balaban J connectivity index is 2.40. The molecule has 0 spiro atoms. The Morgan fingerprint density at radius 2 is 2.26 bits per heavy atom. The molecule has 0 aliphatic heterocycles. The highest BCUT2D eigenvalue weighted by Crippen LogP contribution is 2.28. The van der Waals surface area contributed by atoms with E-state index in [-0.39, 0.29) is 5.84 Å². The van der Waals surface area contributed by atoms with Crippen molar-refractivity contribution in [2.24, 2.45) is 10.9 Å². The molecule has 1 heterocycles. The highest BCUT2D eigenvalue weighted by Gasteiger charge is 2.10. The fourth-order valence-electron chi connectivity index (χ4n) is 1.61. The van der Waals surface area contributed by atoms with Gasteiger partial charge >= 0.3 is 0 Å². The summed E-state index contributed by atoms with van der Waals surface area (Å²) in [6.07, 6.45) is 3.15. The van der Waals surface area contributed by atoms with E-state index in [0.29, 0.717) is 5.56 Å². The lowest BCUT2D eigenvalue weighted by atomic mass is 10.2. The van der Waals surface area contributed by atoms with Crippen LogP contribution >= 0.6 is 15.9 Å². The zero-order valence-corrected chi connectivity index (χ0v) is 11.7.